The summed E-state index contributed by atoms with van der Waals surface area (Å²) < 4.78 is 13.1. The van der Waals surface area contributed by atoms with Gasteiger partial charge in [-0.25, -0.2) is 4.39 Å². The lowest BCUT2D eigenvalue weighted by atomic mass is 9.80. The molecule has 1 nitrogen and oxygen atoms in total. The normalized spacial score (nSPS) is 25.9. The highest BCUT2D eigenvalue weighted by Crippen LogP contribution is 2.39. The molecule has 1 unspecified atom stereocenters. The first-order valence-corrected chi connectivity index (χ1v) is 5.30. The summed E-state index contributed by atoms with van der Waals surface area (Å²) in [5, 5.41) is 0. The minimum Gasteiger partial charge on any atom is -0.300 e. The first-order valence-electron chi connectivity index (χ1n) is 5.30. The summed E-state index contributed by atoms with van der Waals surface area (Å²) in [4.78, 5) is 11.3. The van der Waals surface area contributed by atoms with Crippen LogP contribution in [0.1, 0.15) is 37.3 Å². The third-order valence-corrected chi connectivity index (χ3v) is 3.40. The molecule has 15 heavy (non-hydrogen) atoms. The van der Waals surface area contributed by atoms with Gasteiger partial charge in [-0.2, -0.15) is 0 Å². The molecule has 1 saturated carbocycles. The molecule has 1 aliphatic carbocycles. The van der Waals surface area contributed by atoms with Crippen molar-refractivity contribution in [3.8, 4) is 0 Å². The SMILES string of the molecule is Cc1cc(C2(C)CCC(=O)C2)ccc1F. The van der Waals surface area contributed by atoms with E-state index in [1.807, 2.05) is 6.07 Å². The Bertz CT molecular complexity index is 411. The summed E-state index contributed by atoms with van der Waals surface area (Å²) in [6.07, 6.45) is 2.14. The van der Waals surface area contributed by atoms with Crippen molar-refractivity contribution in [2.45, 2.75) is 38.5 Å². The second-order valence-corrected chi connectivity index (χ2v) is 4.74. The number of hydrogen-bond donors (Lipinski definition) is 0. The van der Waals surface area contributed by atoms with E-state index >= 15 is 0 Å². The Balaban J connectivity index is 2.37. The smallest absolute Gasteiger partial charge is 0.133 e. The van der Waals surface area contributed by atoms with E-state index in [0.717, 1.165) is 12.0 Å². The number of ketones is 1. The molecule has 1 atom stereocenters. The monoisotopic (exact) mass is 206 g/mol. The van der Waals surface area contributed by atoms with E-state index in [1.54, 1.807) is 13.0 Å². The van der Waals surface area contributed by atoms with E-state index in [-0.39, 0.29) is 11.2 Å². The van der Waals surface area contributed by atoms with Crippen LogP contribution in [0.15, 0.2) is 18.2 Å². The Morgan fingerprint density at radius 2 is 2.13 bits per heavy atom. The van der Waals surface area contributed by atoms with Gasteiger partial charge in [-0.3, -0.25) is 4.79 Å². The zero-order valence-electron chi connectivity index (χ0n) is 9.14. The van der Waals surface area contributed by atoms with Crippen molar-refractivity contribution in [2.75, 3.05) is 0 Å². The van der Waals surface area contributed by atoms with Gasteiger partial charge in [0.15, 0.2) is 0 Å². The number of hydrogen-bond acceptors (Lipinski definition) is 1. The minimum absolute atomic E-state index is 0.0739. The first kappa shape index (κ1) is 10.3. The second kappa shape index (κ2) is 3.44. The lowest BCUT2D eigenvalue weighted by molar-refractivity contribution is -0.117. The van der Waals surface area contributed by atoms with Crippen molar-refractivity contribution < 1.29 is 9.18 Å². The molecule has 0 bridgehead atoms. The van der Waals surface area contributed by atoms with Crippen LogP contribution in [-0.4, -0.2) is 5.78 Å². The number of Topliss-reactive ketones (excluding diaryl/α,β-unsaturated/α-hetero) is 1. The Morgan fingerprint density at radius 1 is 1.40 bits per heavy atom. The number of carbonyl (C=O) groups is 1. The zero-order chi connectivity index (χ0) is 11.1. The van der Waals surface area contributed by atoms with Crippen LogP contribution in [0.3, 0.4) is 0 Å². The van der Waals surface area contributed by atoms with Gasteiger partial charge in [0.05, 0.1) is 0 Å². The van der Waals surface area contributed by atoms with E-state index in [2.05, 4.69) is 6.92 Å². The van der Waals surface area contributed by atoms with Crippen molar-refractivity contribution in [2.24, 2.45) is 0 Å². The number of carbonyl (C=O) groups excluding carboxylic acids is 1. The standard InChI is InChI=1S/C13H15FO/c1-9-7-10(3-4-12(9)14)13(2)6-5-11(15)8-13/h3-4,7H,5-6,8H2,1-2H3. The van der Waals surface area contributed by atoms with Gasteiger partial charge in [-0.15, -0.1) is 0 Å². The van der Waals surface area contributed by atoms with E-state index in [9.17, 15) is 9.18 Å². The molecule has 0 spiro atoms. The van der Waals surface area contributed by atoms with Crippen molar-refractivity contribution in [3.63, 3.8) is 0 Å². The van der Waals surface area contributed by atoms with Crippen molar-refractivity contribution >= 4 is 5.78 Å². The van der Waals surface area contributed by atoms with Gasteiger partial charge >= 0.3 is 0 Å². The van der Waals surface area contributed by atoms with Gasteiger partial charge in [0.2, 0.25) is 0 Å². The molecule has 2 rings (SSSR count). The highest BCUT2D eigenvalue weighted by molar-refractivity contribution is 5.82. The average molecular weight is 206 g/mol. The molecule has 0 N–H and O–H groups in total. The molecule has 1 aromatic rings. The number of benzene rings is 1. The zero-order valence-corrected chi connectivity index (χ0v) is 9.14. The summed E-state index contributed by atoms with van der Waals surface area (Å²) >= 11 is 0. The fourth-order valence-corrected chi connectivity index (χ4v) is 2.29. The molecule has 1 aromatic carbocycles. The van der Waals surface area contributed by atoms with E-state index in [0.29, 0.717) is 24.2 Å². The van der Waals surface area contributed by atoms with Gasteiger partial charge in [-0.1, -0.05) is 19.1 Å². The maximum absolute atomic E-state index is 13.1. The molecule has 0 heterocycles. The minimum atomic E-state index is -0.174. The molecule has 0 aromatic heterocycles. The van der Waals surface area contributed by atoms with Gasteiger partial charge in [0.25, 0.3) is 0 Å². The van der Waals surface area contributed by atoms with Crippen LogP contribution in [0.25, 0.3) is 0 Å². The summed E-state index contributed by atoms with van der Waals surface area (Å²) in [6.45, 7) is 3.85. The lowest BCUT2D eigenvalue weighted by Crippen LogP contribution is -2.18. The molecular weight excluding hydrogens is 191 g/mol. The number of halogens is 1. The van der Waals surface area contributed by atoms with E-state index in [4.69, 9.17) is 0 Å². The number of aryl methyl sites for hydroxylation is 1. The van der Waals surface area contributed by atoms with Crippen LogP contribution in [0, 0.1) is 12.7 Å². The van der Waals surface area contributed by atoms with Gasteiger partial charge < -0.3 is 0 Å². The molecule has 1 aliphatic rings. The highest BCUT2D eigenvalue weighted by Gasteiger charge is 2.35. The fourth-order valence-electron chi connectivity index (χ4n) is 2.29. The van der Waals surface area contributed by atoms with Gasteiger partial charge in [-0.05, 0) is 36.0 Å². The average Bonchev–Trinajstić information content (AvgIpc) is 2.52. The van der Waals surface area contributed by atoms with Crippen LogP contribution >= 0.6 is 0 Å². The summed E-state index contributed by atoms with van der Waals surface area (Å²) in [5.41, 5.74) is 1.68. The molecular formula is C13H15FO. The van der Waals surface area contributed by atoms with Crippen LogP contribution < -0.4 is 0 Å². The van der Waals surface area contributed by atoms with Crippen LogP contribution in [-0.2, 0) is 10.2 Å². The van der Waals surface area contributed by atoms with Crippen LogP contribution in [0.5, 0.6) is 0 Å². The quantitative estimate of drug-likeness (QED) is 0.689. The van der Waals surface area contributed by atoms with Gasteiger partial charge in [0, 0.05) is 12.8 Å². The molecule has 0 saturated heterocycles. The lowest BCUT2D eigenvalue weighted by Gasteiger charge is -2.23. The topological polar surface area (TPSA) is 17.1 Å². The van der Waals surface area contributed by atoms with Crippen LogP contribution in [0.2, 0.25) is 0 Å². The molecule has 80 valence electrons. The Labute approximate surface area is 89.3 Å². The Hall–Kier alpha value is -1.18. The highest BCUT2D eigenvalue weighted by atomic mass is 19.1. The molecule has 2 heteroatoms. The maximum atomic E-state index is 13.1. The summed E-state index contributed by atoms with van der Waals surface area (Å²) in [7, 11) is 0. The fraction of sp³-hybridized carbons (Fsp3) is 0.462. The Kier molecular flexibility index (Phi) is 2.37. The van der Waals surface area contributed by atoms with Crippen molar-refractivity contribution in [3.05, 3.63) is 35.1 Å². The molecule has 0 radical (unpaired) electrons. The molecule has 0 aliphatic heterocycles. The van der Waals surface area contributed by atoms with E-state index < -0.39 is 0 Å². The molecule has 0 amide bonds. The third-order valence-electron chi connectivity index (χ3n) is 3.40. The second-order valence-electron chi connectivity index (χ2n) is 4.74. The van der Waals surface area contributed by atoms with Crippen molar-refractivity contribution in [1.82, 2.24) is 0 Å². The largest absolute Gasteiger partial charge is 0.300 e. The van der Waals surface area contributed by atoms with Gasteiger partial charge in [0.1, 0.15) is 11.6 Å². The third kappa shape index (κ3) is 1.81. The Morgan fingerprint density at radius 3 is 2.67 bits per heavy atom. The van der Waals surface area contributed by atoms with E-state index in [1.165, 1.54) is 6.07 Å². The molecule has 1 fully saturated rings. The summed E-state index contributed by atoms with van der Waals surface area (Å²) in [5.74, 6) is 0.145. The predicted molar refractivity (Wildman–Crippen MR) is 57.3 cm³/mol. The number of rotatable bonds is 1. The maximum Gasteiger partial charge on any atom is 0.133 e. The first-order chi connectivity index (χ1) is 7.01. The predicted octanol–water partition coefficient (Wildman–Crippen LogP) is 3.14. The van der Waals surface area contributed by atoms with Crippen LogP contribution in [0.4, 0.5) is 4.39 Å². The van der Waals surface area contributed by atoms with Crippen molar-refractivity contribution in [1.29, 1.82) is 0 Å². The summed E-state index contributed by atoms with van der Waals surface area (Å²) in [6, 6.07) is 5.17.